The van der Waals surface area contributed by atoms with Crippen molar-refractivity contribution in [3.8, 4) is 0 Å². The van der Waals surface area contributed by atoms with Crippen LogP contribution in [0.3, 0.4) is 0 Å². The van der Waals surface area contributed by atoms with Crippen LogP contribution in [0.2, 0.25) is 0 Å². The van der Waals surface area contributed by atoms with E-state index in [0.717, 1.165) is 6.42 Å². The van der Waals surface area contributed by atoms with Gasteiger partial charge in [0.1, 0.15) is 0 Å². The van der Waals surface area contributed by atoms with Crippen LogP contribution >= 0.6 is 0 Å². The number of nitrogens with two attached hydrogens (primary N) is 1. The zero-order valence-electron chi connectivity index (χ0n) is 8.17. The molecule has 2 fully saturated rings. The Morgan fingerprint density at radius 1 is 1.33 bits per heavy atom. The molecule has 2 nitrogen and oxygen atoms in total. The molecule has 3 N–H and O–H groups in total. The molecule has 2 heteroatoms. The molecule has 0 aromatic rings. The molecule has 2 aliphatic carbocycles. The number of rotatable bonds is 0. The Bertz CT molecular complexity index is 214. The van der Waals surface area contributed by atoms with Crippen LogP contribution < -0.4 is 5.73 Å². The van der Waals surface area contributed by atoms with Crippen molar-refractivity contribution in [2.24, 2.45) is 22.5 Å². The van der Waals surface area contributed by atoms with Crippen molar-refractivity contribution in [1.29, 1.82) is 0 Å². The first-order valence-electron chi connectivity index (χ1n) is 4.85. The average Bonchev–Trinajstić information content (AvgIpc) is 2.26. The molecular formula is C10H19NO. The van der Waals surface area contributed by atoms with Gasteiger partial charge in [-0.1, -0.05) is 20.8 Å². The first-order chi connectivity index (χ1) is 5.41. The lowest BCUT2D eigenvalue weighted by Gasteiger charge is -2.36. The van der Waals surface area contributed by atoms with E-state index in [1.165, 1.54) is 6.42 Å². The molecule has 0 aliphatic heterocycles. The van der Waals surface area contributed by atoms with E-state index in [1.807, 2.05) is 0 Å². The first-order valence-corrected chi connectivity index (χ1v) is 4.85. The predicted molar refractivity (Wildman–Crippen MR) is 48.6 cm³/mol. The summed E-state index contributed by atoms with van der Waals surface area (Å²) in [4.78, 5) is 0. The van der Waals surface area contributed by atoms with Gasteiger partial charge in [0.2, 0.25) is 0 Å². The second-order valence-electron chi connectivity index (χ2n) is 5.31. The van der Waals surface area contributed by atoms with Gasteiger partial charge in [0, 0.05) is 11.5 Å². The number of hydrogen-bond acceptors (Lipinski definition) is 2. The highest BCUT2D eigenvalue weighted by molar-refractivity contribution is 5.16. The summed E-state index contributed by atoms with van der Waals surface area (Å²) in [5.41, 5.74) is 6.27. The van der Waals surface area contributed by atoms with E-state index in [-0.39, 0.29) is 23.0 Å². The van der Waals surface area contributed by atoms with Crippen LogP contribution in [0.25, 0.3) is 0 Å². The molecule has 2 saturated carbocycles. The van der Waals surface area contributed by atoms with Crippen molar-refractivity contribution in [3.05, 3.63) is 0 Å². The van der Waals surface area contributed by atoms with Crippen LogP contribution in [0.15, 0.2) is 0 Å². The van der Waals surface area contributed by atoms with Crippen LogP contribution in [-0.4, -0.2) is 17.3 Å². The molecule has 2 bridgehead atoms. The lowest BCUT2D eigenvalue weighted by atomic mass is 9.70. The first kappa shape index (κ1) is 8.52. The van der Waals surface area contributed by atoms with Gasteiger partial charge in [0.05, 0.1) is 6.10 Å². The van der Waals surface area contributed by atoms with Gasteiger partial charge < -0.3 is 10.8 Å². The Labute approximate surface area is 74.1 Å². The Kier molecular flexibility index (Phi) is 1.45. The third-order valence-electron chi connectivity index (χ3n) is 4.86. The van der Waals surface area contributed by atoms with Gasteiger partial charge in [-0.3, -0.25) is 0 Å². The maximum atomic E-state index is 9.96. The zero-order chi connectivity index (χ0) is 9.15. The number of hydrogen-bond donors (Lipinski definition) is 2. The Morgan fingerprint density at radius 2 is 1.92 bits per heavy atom. The maximum absolute atomic E-state index is 9.96. The molecule has 0 aromatic carbocycles. The van der Waals surface area contributed by atoms with Crippen molar-refractivity contribution in [2.45, 2.75) is 45.8 Å². The zero-order valence-corrected chi connectivity index (χ0v) is 8.17. The van der Waals surface area contributed by atoms with E-state index in [2.05, 4.69) is 20.8 Å². The summed E-state index contributed by atoms with van der Waals surface area (Å²) in [6.45, 7) is 6.69. The van der Waals surface area contributed by atoms with E-state index in [4.69, 9.17) is 5.73 Å². The van der Waals surface area contributed by atoms with Crippen molar-refractivity contribution in [2.75, 3.05) is 0 Å². The molecule has 0 aromatic heterocycles. The fourth-order valence-electron chi connectivity index (χ4n) is 3.41. The van der Waals surface area contributed by atoms with Crippen LogP contribution in [0.4, 0.5) is 0 Å². The van der Waals surface area contributed by atoms with Crippen molar-refractivity contribution in [3.63, 3.8) is 0 Å². The Balaban J connectivity index is 2.44. The normalized spacial score (nSPS) is 56.2. The molecule has 70 valence electrons. The minimum absolute atomic E-state index is 0.0127. The van der Waals surface area contributed by atoms with Gasteiger partial charge in [-0.05, 0) is 24.2 Å². The molecule has 0 amide bonds. The summed E-state index contributed by atoms with van der Waals surface area (Å²) in [5, 5.41) is 9.96. The number of fused-ring (bicyclic) bond motifs is 2. The fraction of sp³-hybridized carbons (Fsp3) is 1.00. The van der Waals surface area contributed by atoms with E-state index >= 15 is 0 Å². The minimum atomic E-state index is -0.286. The van der Waals surface area contributed by atoms with E-state index in [9.17, 15) is 5.11 Å². The lowest BCUT2D eigenvalue weighted by molar-refractivity contribution is 0.00582. The summed E-state index contributed by atoms with van der Waals surface area (Å²) >= 11 is 0. The van der Waals surface area contributed by atoms with Gasteiger partial charge in [0.25, 0.3) is 0 Å². The van der Waals surface area contributed by atoms with Crippen LogP contribution in [0.5, 0.6) is 0 Å². The van der Waals surface area contributed by atoms with Crippen molar-refractivity contribution in [1.82, 2.24) is 0 Å². The monoisotopic (exact) mass is 169 g/mol. The van der Waals surface area contributed by atoms with Gasteiger partial charge >= 0.3 is 0 Å². The van der Waals surface area contributed by atoms with Crippen LogP contribution in [0.1, 0.15) is 33.6 Å². The second kappa shape index (κ2) is 2.05. The topological polar surface area (TPSA) is 46.2 Å². The maximum Gasteiger partial charge on any atom is 0.0752 e. The molecule has 2 aliphatic rings. The predicted octanol–water partition coefficient (Wildman–Crippen LogP) is 1.13. The van der Waals surface area contributed by atoms with E-state index < -0.39 is 0 Å². The highest BCUT2D eigenvalue weighted by Crippen LogP contribution is 2.64. The summed E-state index contributed by atoms with van der Waals surface area (Å²) in [6.07, 6.45) is 2.05. The largest absolute Gasteiger partial charge is 0.391 e. The van der Waals surface area contributed by atoms with Crippen molar-refractivity contribution < 1.29 is 5.11 Å². The third kappa shape index (κ3) is 0.647. The lowest BCUT2D eigenvalue weighted by Crippen LogP contribution is -2.43. The molecule has 2 rings (SSSR count). The number of aliphatic hydroxyl groups excluding tert-OH is 1. The average molecular weight is 169 g/mol. The van der Waals surface area contributed by atoms with E-state index in [1.54, 1.807) is 0 Å². The van der Waals surface area contributed by atoms with Crippen LogP contribution in [-0.2, 0) is 0 Å². The SMILES string of the molecule is CC1(C)[C@H]2CC[C@]1(C)[C@@H](O)[C@@H]2N. The van der Waals surface area contributed by atoms with Crippen molar-refractivity contribution >= 4 is 0 Å². The van der Waals surface area contributed by atoms with Gasteiger partial charge in [-0.2, -0.15) is 0 Å². The highest BCUT2D eigenvalue weighted by atomic mass is 16.3. The highest BCUT2D eigenvalue weighted by Gasteiger charge is 2.64. The third-order valence-corrected chi connectivity index (χ3v) is 4.86. The molecule has 4 atom stereocenters. The molecule has 0 unspecified atom stereocenters. The van der Waals surface area contributed by atoms with Gasteiger partial charge in [0.15, 0.2) is 0 Å². The van der Waals surface area contributed by atoms with E-state index in [0.29, 0.717) is 5.92 Å². The summed E-state index contributed by atoms with van der Waals surface area (Å²) in [6, 6.07) is 0.0127. The molecule has 12 heavy (non-hydrogen) atoms. The number of aliphatic hydroxyl groups is 1. The molecular weight excluding hydrogens is 150 g/mol. The Morgan fingerprint density at radius 3 is 2.17 bits per heavy atom. The summed E-state index contributed by atoms with van der Waals surface area (Å²) in [5.74, 6) is 0.525. The van der Waals surface area contributed by atoms with Gasteiger partial charge in [-0.15, -0.1) is 0 Å². The summed E-state index contributed by atoms with van der Waals surface area (Å²) < 4.78 is 0. The summed E-state index contributed by atoms with van der Waals surface area (Å²) in [7, 11) is 0. The smallest absolute Gasteiger partial charge is 0.0752 e. The molecule has 0 saturated heterocycles. The molecule has 0 heterocycles. The fourth-order valence-corrected chi connectivity index (χ4v) is 3.41. The minimum Gasteiger partial charge on any atom is -0.391 e. The van der Waals surface area contributed by atoms with Gasteiger partial charge in [-0.25, -0.2) is 0 Å². The second-order valence-corrected chi connectivity index (χ2v) is 5.31. The molecule has 0 radical (unpaired) electrons. The standard InChI is InChI=1S/C10H19NO/c1-9(2)6-4-5-10(9,3)8(12)7(6)11/h6-8,12H,4-5,11H2,1-3H3/t6-,7+,8-,10+/m0/s1. The quantitative estimate of drug-likeness (QED) is 0.571. The van der Waals surface area contributed by atoms with Crippen LogP contribution in [0, 0.1) is 16.7 Å². The molecule has 0 spiro atoms. The Hall–Kier alpha value is -0.0800.